The molecule has 3 rings (SSSR count). The molecule has 2 aromatic rings. The summed E-state index contributed by atoms with van der Waals surface area (Å²) in [6, 6.07) is 9.76. The highest BCUT2D eigenvalue weighted by molar-refractivity contribution is 5.79. The molecule has 1 aliphatic rings. The van der Waals surface area contributed by atoms with Crippen molar-refractivity contribution in [3.8, 4) is 11.5 Å². The van der Waals surface area contributed by atoms with Crippen LogP contribution in [0.25, 0.3) is 5.70 Å². The molecular formula is C15H16N2O2. The number of allylic oxidation sites excluding steroid dienone is 1. The lowest BCUT2D eigenvalue weighted by atomic mass is 10.1. The second-order valence-corrected chi connectivity index (χ2v) is 4.59. The van der Waals surface area contributed by atoms with Gasteiger partial charge < -0.3 is 19.3 Å². The highest BCUT2D eigenvalue weighted by Gasteiger charge is 2.18. The predicted molar refractivity (Wildman–Crippen MR) is 75.5 cm³/mol. The lowest BCUT2D eigenvalue weighted by molar-refractivity contribution is 0.415. The van der Waals surface area contributed by atoms with Crippen LogP contribution in [0.4, 0.5) is 5.82 Å². The number of anilines is 1. The van der Waals surface area contributed by atoms with Crippen LogP contribution in [0.3, 0.4) is 0 Å². The summed E-state index contributed by atoms with van der Waals surface area (Å²) in [6.07, 6.45) is 3.89. The second kappa shape index (κ2) is 4.39. The molecule has 4 nitrogen and oxygen atoms in total. The summed E-state index contributed by atoms with van der Waals surface area (Å²) in [5, 5.41) is 9.58. The molecule has 0 saturated heterocycles. The zero-order valence-corrected chi connectivity index (χ0v) is 11.0. The largest absolute Gasteiger partial charge is 0.506 e. The summed E-state index contributed by atoms with van der Waals surface area (Å²) >= 11 is 0. The first kappa shape index (κ1) is 11.7. The number of aromatic nitrogens is 1. The molecule has 4 heteroatoms. The third-order valence-electron chi connectivity index (χ3n) is 3.43. The van der Waals surface area contributed by atoms with E-state index >= 15 is 0 Å². The molecule has 0 radical (unpaired) electrons. The fraction of sp³-hybridized carbons (Fsp3) is 0.200. The van der Waals surface area contributed by atoms with E-state index in [0.717, 1.165) is 29.4 Å². The maximum Gasteiger partial charge on any atom is 0.135 e. The van der Waals surface area contributed by atoms with Crippen molar-refractivity contribution in [1.82, 2.24) is 4.57 Å². The Labute approximate surface area is 112 Å². The van der Waals surface area contributed by atoms with E-state index in [1.165, 1.54) is 0 Å². The minimum atomic E-state index is 0.297. The number of aromatic hydroxyl groups is 1. The molecule has 0 amide bonds. The van der Waals surface area contributed by atoms with Crippen molar-refractivity contribution in [2.45, 2.75) is 6.54 Å². The molecule has 1 aromatic carbocycles. The van der Waals surface area contributed by atoms with Crippen LogP contribution >= 0.6 is 0 Å². The Morgan fingerprint density at radius 2 is 1.95 bits per heavy atom. The lowest BCUT2D eigenvalue weighted by Crippen LogP contribution is -2.22. The van der Waals surface area contributed by atoms with Gasteiger partial charge in [-0.05, 0) is 35.9 Å². The number of rotatable bonds is 2. The summed E-state index contributed by atoms with van der Waals surface area (Å²) in [5.74, 6) is 2.14. The van der Waals surface area contributed by atoms with Gasteiger partial charge in [0.2, 0.25) is 0 Å². The molecule has 0 spiro atoms. The monoisotopic (exact) mass is 256 g/mol. The first-order valence-electron chi connectivity index (χ1n) is 6.16. The van der Waals surface area contributed by atoms with Gasteiger partial charge in [0.1, 0.15) is 17.3 Å². The van der Waals surface area contributed by atoms with Gasteiger partial charge in [-0.2, -0.15) is 0 Å². The van der Waals surface area contributed by atoms with Gasteiger partial charge in [0, 0.05) is 31.6 Å². The molecule has 1 aromatic heterocycles. The van der Waals surface area contributed by atoms with Gasteiger partial charge in [0.15, 0.2) is 0 Å². The van der Waals surface area contributed by atoms with Gasteiger partial charge in [0.05, 0.1) is 7.11 Å². The summed E-state index contributed by atoms with van der Waals surface area (Å²) in [4.78, 5) is 2.07. The molecule has 0 unspecified atom stereocenters. The Bertz CT molecular complexity index is 626. The van der Waals surface area contributed by atoms with Gasteiger partial charge in [-0.1, -0.05) is 0 Å². The van der Waals surface area contributed by atoms with Crippen LogP contribution in [0.5, 0.6) is 11.5 Å². The van der Waals surface area contributed by atoms with E-state index in [4.69, 9.17) is 4.74 Å². The van der Waals surface area contributed by atoms with Crippen molar-refractivity contribution in [2.24, 2.45) is 0 Å². The smallest absolute Gasteiger partial charge is 0.135 e. The van der Waals surface area contributed by atoms with E-state index in [1.54, 1.807) is 19.4 Å². The second-order valence-electron chi connectivity index (χ2n) is 4.59. The third kappa shape index (κ3) is 1.95. The maximum atomic E-state index is 9.58. The quantitative estimate of drug-likeness (QED) is 0.897. The van der Waals surface area contributed by atoms with Crippen molar-refractivity contribution in [2.75, 3.05) is 19.1 Å². The van der Waals surface area contributed by atoms with E-state index in [0.29, 0.717) is 5.75 Å². The minimum absolute atomic E-state index is 0.297. The topological polar surface area (TPSA) is 37.6 Å². The predicted octanol–water partition coefficient (Wildman–Crippen LogP) is 2.69. The number of ether oxygens (including phenoxy) is 1. The van der Waals surface area contributed by atoms with Gasteiger partial charge >= 0.3 is 0 Å². The van der Waals surface area contributed by atoms with Crippen LogP contribution < -0.4 is 9.64 Å². The van der Waals surface area contributed by atoms with E-state index < -0.39 is 0 Å². The van der Waals surface area contributed by atoms with Crippen LogP contribution in [0.1, 0.15) is 5.56 Å². The summed E-state index contributed by atoms with van der Waals surface area (Å²) in [7, 11) is 3.66. The number of methoxy groups -OCH3 is 1. The van der Waals surface area contributed by atoms with Crippen molar-refractivity contribution in [1.29, 1.82) is 0 Å². The summed E-state index contributed by atoms with van der Waals surface area (Å²) < 4.78 is 7.19. The van der Waals surface area contributed by atoms with Crippen molar-refractivity contribution in [3.63, 3.8) is 0 Å². The Kier molecular flexibility index (Phi) is 2.71. The van der Waals surface area contributed by atoms with E-state index in [1.807, 2.05) is 35.9 Å². The van der Waals surface area contributed by atoms with Gasteiger partial charge in [0.25, 0.3) is 0 Å². The van der Waals surface area contributed by atoms with Crippen molar-refractivity contribution < 1.29 is 9.84 Å². The Morgan fingerprint density at radius 1 is 1.21 bits per heavy atom. The number of hydrogen-bond acceptors (Lipinski definition) is 3. The average molecular weight is 256 g/mol. The molecule has 0 bridgehead atoms. The standard InChI is InChI=1S/C15H16N2O2/c1-16-14(11-3-5-13(19-2)6-4-11)7-8-17-10-12(18)9-15(16)17/h3-7,9-10,18H,8H2,1-2H3. The zero-order chi connectivity index (χ0) is 13.4. The molecule has 19 heavy (non-hydrogen) atoms. The third-order valence-corrected chi connectivity index (χ3v) is 3.43. The van der Waals surface area contributed by atoms with Crippen LogP contribution in [0, 0.1) is 0 Å². The van der Waals surface area contributed by atoms with E-state index in [-0.39, 0.29) is 0 Å². The van der Waals surface area contributed by atoms with Crippen molar-refractivity contribution >= 4 is 11.5 Å². The fourth-order valence-corrected chi connectivity index (χ4v) is 2.43. The average Bonchev–Trinajstić information content (AvgIpc) is 2.81. The van der Waals surface area contributed by atoms with Crippen molar-refractivity contribution in [3.05, 3.63) is 48.2 Å². The van der Waals surface area contributed by atoms with Crippen LogP contribution in [-0.2, 0) is 6.54 Å². The molecule has 1 aliphatic heterocycles. The summed E-state index contributed by atoms with van der Waals surface area (Å²) in [5.41, 5.74) is 2.27. The van der Waals surface area contributed by atoms with Crippen LogP contribution in [-0.4, -0.2) is 23.8 Å². The first-order valence-corrected chi connectivity index (χ1v) is 6.16. The normalized spacial score (nSPS) is 14.0. The van der Waals surface area contributed by atoms with Crippen LogP contribution in [0.2, 0.25) is 0 Å². The van der Waals surface area contributed by atoms with Gasteiger partial charge in [-0.3, -0.25) is 0 Å². The molecule has 2 heterocycles. The highest BCUT2D eigenvalue weighted by atomic mass is 16.5. The van der Waals surface area contributed by atoms with E-state index in [9.17, 15) is 5.11 Å². The Morgan fingerprint density at radius 3 is 2.63 bits per heavy atom. The van der Waals surface area contributed by atoms with Gasteiger partial charge in [-0.15, -0.1) is 0 Å². The number of hydrogen-bond donors (Lipinski definition) is 1. The number of benzene rings is 1. The highest BCUT2D eigenvalue weighted by Crippen LogP contribution is 2.33. The van der Waals surface area contributed by atoms with E-state index in [2.05, 4.69) is 11.0 Å². The first-order chi connectivity index (χ1) is 9.19. The molecule has 0 saturated carbocycles. The number of fused-ring (bicyclic) bond motifs is 1. The molecule has 98 valence electrons. The zero-order valence-electron chi connectivity index (χ0n) is 11.0. The SMILES string of the molecule is COc1ccc(C2=CCn3cc(O)cc3N2C)cc1. The van der Waals surface area contributed by atoms with Crippen LogP contribution in [0.15, 0.2) is 42.6 Å². The Hall–Kier alpha value is -2.36. The molecule has 0 atom stereocenters. The maximum absolute atomic E-state index is 9.58. The molecule has 0 fully saturated rings. The fourth-order valence-electron chi connectivity index (χ4n) is 2.43. The molecule has 0 aliphatic carbocycles. The molecule has 1 N–H and O–H groups in total. The summed E-state index contributed by atoms with van der Waals surface area (Å²) in [6.45, 7) is 0.765. The number of nitrogens with zero attached hydrogens (tertiary/aromatic N) is 2. The minimum Gasteiger partial charge on any atom is -0.506 e. The molecular weight excluding hydrogens is 240 g/mol. The van der Waals surface area contributed by atoms with Gasteiger partial charge in [-0.25, -0.2) is 0 Å². The Balaban J connectivity index is 1.95. The lowest BCUT2D eigenvalue weighted by Gasteiger charge is -2.28.